The summed E-state index contributed by atoms with van der Waals surface area (Å²) in [6, 6.07) is 7.03. The average molecular weight is 326 g/mol. The van der Waals surface area contributed by atoms with Crippen LogP contribution in [0.15, 0.2) is 28.7 Å². The molecule has 0 saturated carbocycles. The molecule has 1 aromatic rings. The van der Waals surface area contributed by atoms with Gasteiger partial charge in [0.25, 0.3) is 11.8 Å². The Morgan fingerprint density at radius 1 is 1.37 bits per heavy atom. The second kappa shape index (κ2) is 5.40. The zero-order valence-electron chi connectivity index (χ0n) is 10.1. The van der Waals surface area contributed by atoms with Crippen LogP contribution in [0.3, 0.4) is 0 Å². The highest BCUT2D eigenvalue weighted by atomic mass is 79.9. The Bertz CT molecular complexity index is 530. The van der Waals surface area contributed by atoms with Crippen LogP contribution in [0.4, 0.5) is 5.69 Å². The van der Waals surface area contributed by atoms with Crippen molar-refractivity contribution in [3.8, 4) is 0 Å². The standard InChI is InChI=1S/C12H12BrN3O3/c1-16-12(19)9(11(18)15-16)6-10(17)14-8-4-2-7(13)3-5-8/h2-5,9H,6H2,1H3,(H,14,17)(H,15,18). The molecule has 1 saturated heterocycles. The lowest BCUT2D eigenvalue weighted by Crippen LogP contribution is -2.31. The van der Waals surface area contributed by atoms with Gasteiger partial charge in [-0.1, -0.05) is 15.9 Å². The average Bonchev–Trinajstić information content (AvgIpc) is 2.59. The first-order chi connectivity index (χ1) is 8.97. The third-order valence-corrected chi connectivity index (χ3v) is 3.27. The largest absolute Gasteiger partial charge is 0.326 e. The van der Waals surface area contributed by atoms with E-state index in [4.69, 9.17) is 0 Å². The van der Waals surface area contributed by atoms with E-state index < -0.39 is 17.7 Å². The molecule has 1 atom stereocenters. The maximum Gasteiger partial charge on any atom is 0.253 e. The lowest BCUT2D eigenvalue weighted by atomic mass is 10.0. The molecule has 3 amide bonds. The maximum absolute atomic E-state index is 11.8. The Balaban J connectivity index is 1.96. The number of nitrogens with one attached hydrogen (secondary N) is 2. The highest BCUT2D eigenvalue weighted by Crippen LogP contribution is 2.17. The third kappa shape index (κ3) is 3.11. The zero-order valence-corrected chi connectivity index (χ0v) is 11.7. The van der Waals surface area contributed by atoms with E-state index in [2.05, 4.69) is 26.7 Å². The molecular weight excluding hydrogens is 314 g/mol. The van der Waals surface area contributed by atoms with Gasteiger partial charge in [0.15, 0.2) is 0 Å². The number of hydrogen-bond donors (Lipinski definition) is 2. The maximum atomic E-state index is 11.8. The Kier molecular flexibility index (Phi) is 3.84. The summed E-state index contributed by atoms with van der Waals surface area (Å²) in [5.41, 5.74) is 2.97. The van der Waals surface area contributed by atoms with Crippen LogP contribution in [-0.4, -0.2) is 29.8 Å². The summed E-state index contributed by atoms with van der Waals surface area (Å²) < 4.78 is 0.900. The van der Waals surface area contributed by atoms with Gasteiger partial charge in [0.1, 0.15) is 5.92 Å². The Morgan fingerprint density at radius 2 is 2.00 bits per heavy atom. The van der Waals surface area contributed by atoms with Crippen molar-refractivity contribution in [1.82, 2.24) is 10.4 Å². The lowest BCUT2D eigenvalue weighted by Gasteiger charge is -2.08. The molecule has 0 bridgehead atoms. The SMILES string of the molecule is CN1NC(=O)C(CC(=O)Nc2ccc(Br)cc2)C1=O. The number of halogens is 1. The summed E-state index contributed by atoms with van der Waals surface area (Å²) in [7, 11) is 1.45. The summed E-state index contributed by atoms with van der Waals surface area (Å²) in [4.78, 5) is 34.9. The predicted octanol–water partition coefficient (Wildman–Crippen LogP) is 0.897. The molecule has 1 fully saturated rings. The Labute approximate surface area is 118 Å². The molecule has 0 aliphatic carbocycles. The third-order valence-electron chi connectivity index (χ3n) is 2.74. The first-order valence-electron chi connectivity index (χ1n) is 5.61. The topological polar surface area (TPSA) is 78.5 Å². The highest BCUT2D eigenvalue weighted by Gasteiger charge is 2.38. The first-order valence-corrected chi connectivity index (χ1v) is 6.40. The molecule has 1 aromatic carbocycles. The fourth-order valence-electron chi connectivity index (χ4n) is 1.75. The van der Waals surface area contributed by atoms with E-state index in [9.17, 15) is 14.4 Å². The molecule has 2 N–H and O–H groups in total. The molecule has 6 nitrogen and oxygen atoms in total. The molecule has 0 radical (unpaired) electrons. The minimum Gasteiger partial charge on any atom is -0.326 e. The van der Waals surface area contributed by atoms with Gasteiger partial charge < -0.3 is 5.32 Å². The van der Waals surface area contributed by atoms with Crippen LogP contribution in [0.25, 0.3) is 0 Å². The molecule has 0 aromatic heterocycles. The van der Waals surface area contributed by atoms with Crippen LogP contribution in [0.1, 0.15) is 6.42 Å². The Hall–Kier alpha value is -1.89. The van der Waals surface area contributed by atoms with Crippen molar-refractivity contribution < 1.29 is 14.4 Å². The number of carbonyl (C=O) groups excluding carboxylic acids is 3. The molecular formula is C12H12BrN3O3. The van der Waals surface area contributed by atoms with E-state index in [0.29, 0.717) is 5.69 Å². The van der Waals surface area contributed by atoms with E-state index in [1.165, 1.54) is 7.05 Å². The molecule has 1 heterocycles. The number of anilines is 1. The van der Waals surface area contributed by atoms with Gasteiger partial charge in [-0.05, 0) is 24.3 Å². The van der Waals surface area contributed by atoms with Crippen molar-refractivity contribution in [2.24, 2.45) is 5.92 Å². The number of benzene rings is 1. The van der Waals surface area contributed by atoms with Gasteiger partial charge in [0, 0.05) is 23.6 Å². The molecule has 19 heavy (non-hydrogen) atoms. The number of carbonyl (C=O) groups is 3. The summed E-state index contributed by atoms with van der Waals surface area (Å²) in [5.74, 6) is -2.15. The predicted molar refractivity (Wildman–Crippen MR) is 71.8 cm³/mol. The smallest absolute Gasteiger partial charge is 0.253 e. The van der Waals surface area contributed by atoms with Gasteiger partial charge in [-0.25, -0.2) is 0 Å². The van der Waals surface area contributed by atoms with Gasteiger partial charge in [-0.15, -0.1) is 0 Å². The quantitative estimate of drug-likeness (QED) is 0.810. The molecule has 1 aliphatic heterocycles. The van der Waals surface area contributed by atoms with Crippen LogP contribution in [0.5, 0.6) is 0 Å². The monoisotopic (exact) mass is 325 g/mol. The number of hydrogen-bond acceptors (Lipinski definition) is 3. The fraction of sp³-hybridized carbons (Fsp3) is 0.250. The second-order valence-electron chi connectivity index (χ2n) is 4.19. The van der Waals surface area contributed by atoms with Gasteiger partial charge >= 0.3 is 0 Å². The van der Waals surface area contributed by atoms with E-state index in [0.717, 1.165) is 9.48 Å². The number of rotatable bonds is 3. The van der Waals surface area contributed by atoms with Gasteiger partial charge in [-0.3, -0.25) is 24.8 Å². The summed E-state index contributed by atoms with van der Waals surface area (Å²) in [5, 5.41) is 3.74. The summed E-state index contributed by atoms with van der Waals surface area (Å²) in [6.45, 7) is 0. The van der Waals surface area contributed by atoms with Crippen molar-refractivity contribution in [1.29, 1.82) is 0 Å². The van der Waals surface area contributed by atoms with Crippen molar-refractivity contribution >= 4 is 39.3 Å². The van der Waals surface area contributed by atoms with Crippen LogP contribution in [0.2, 0.25) is 0 Å². The zero-order chi connectivity index (χ0) is 14.0. The van der Waals surface area contributed by atoms with Gasteiger partial charge in [-0.2, -0.15) is 0 Å². The van der Waals surface area contributed by atoms with Crippen molar-refractivity contribution in [2.75, 3.05) is 12.4 Å². The normalized spacial score (nSPS) is 18.4. The minimum absolute atomic E-state index is 0.162. The van der Waals surface area contributed by atoms with Crippen LogP contribution >= 0.6 is 15.9 Å². The summed E-state index contributed by atoms with van der Waals surface area (Å²) in [6.07, 6.45) is -0.162. The molecule has 100 valence electrons. The molecule has 1 aliphatic rings. The Morgan fingerprint density at radius 3 is 2.53 bits per heavy atom. The van der Waals surface area contributed by atoms with Crippen molar-refractivity contribution in [3.63, 3.8) is 0 Å². The van der Waals surface area contributed by atoms with E-state index >= 15 is 0 Å². The number of hydrazine groups is 1. The molecule has 0 spiro atoms. The number of nitrogens with zero attached hydrogens (tertiary/aromatic N) is 1. The fourth-order valence-corrected chi connectivity index (χ4v) is 2.02. The van der Waals surface area contributed by atoms with Gasteiger partial charge in [0.05, 0.1) is 0 Å². The molecule has 1 unspecified atom stereocenters. The van der Waals surface area contributed by atoms with E-state index in [1.807, 2.05) is 0 Å². The molecule has 7 heteroatoms. The minimum atomic E-state index is -0.944. The highest BCUT2D eigenvalue weighted by molar-refractivity contribution is 9.10. The second-order valence-corrected chi connectivity index (χ2v) is 5.10. The van der Waals surface area contributed by atoms with Crippen LogP contribution in [0, 0.1) is 5.92 Å². The first kappa shape index (κ1) is 13.5. The molecule has 2 rings (SSSR count). The summed E-state index contributed by atoms with van der Waals surface area (Å²) >= 11 is 3.29. The van der Waals surface area contributed by atoms with Crippen molar-refractivity contribution in [2.45, 2.75) is 6.42 Å². The lowest BCUT2D eigenvalue weighted by molar-refractivity contribution is -0.134. The number of amides is 3. The van der Waals surface area contributed by atoms with Crippen LogP contribution < -0.4 is 10.7 Å². The van der Waals surface area contributed by atoms with E-state index in [-0.39, 0.29) is 12.3 Å². The van der Waals surface area contributed by atoms with Gasteiger partial charge in [0.2, 0.25) is 5.91 Å². The van der Waals surface area contributed by atoms with E-state index in [1.54, 1.807) is 24.3 Å². The van der Waals surface area contributed by atoms with Crippen LogP contribution in [-0.2, 0) is 14.4 Å². The van der Waals surface area contributed by atoms with Crippen molar-refractivity contribution in [3.05, 3.63) is 28.7 Å².